The van der Waals surface area contributed by atoms with E-state index in [1.54, 1.807) is 11.6 Å². The fourth-order valence-corrected chi connectivity index (χ4v) is 2.96. The van der Waals surface area contributed by atoms with Gasteiger partial charge in [0.2, 0.25) is 11.7 Å². The molecule has 1 amide bonds. The van der Waals surface area contributed by atoms with Crippen LogP contribution in [0.25, 0.3) is 11.4 Å². The number of hydrogen-bond acceptors (Lipinski definition) is 8. The number of nitrogens with one attached hydrogen (secondary N) is 2. The Kier molecular flexibility index (Phi) is 4.84. The molecule has 0 atom stereocenters. The number of nitrogens with zero attached hydrogens (tertiary/aromatic N) is 4. The van der Waals surface area contributed by atoms with E-state index in [4.69, 9.17) is 4.52 Å². The second kappa shape index (κ2) is 7.75. The van der Waals surface area contributed by atoms with Gasteiger partial charge in [0, 0.05) is 17.1 Å². The van der Waals surface area contributed by atoms with E-state index in [1.165, 1.54) is 11.3 Å². The van der Waals surface area contributed by atoms with Crippen LogP contribution < -0.4 is 10.6 Å². The van der Waals surface area contributed by atoms with Gasteiger partial charge in [0.1, 0.15) is 11.5 Å². The van der Waals surface area contributed by atoms with Crippen LogP contribution in [0, 0.1) is 0 Å². The number of benzene rings is 1. The molecule has 27 heavy (non-hydrogen) atoms. The summed E-state index contributed by atoms with van der Waals surface area (Å²) in [5.74, 6) is 1.15. The number of carbonyl (C=O) groups excluding carboxylic acids is 1. The van der Waals surface area contributed by atoms with Crippen molar-refractivity contribution in [2.45, 2.75) is 6.54 Å². The highest BCUT2D eigenvalue weighted by Crippen LogP contribution is 2.19. The van der Waals surface area contributed by atoms with Crippen LogP contribution in [0.1, 0.15) is 16.4 Å². The molecule has 2 N–H and O–H groups in total. The fourth-order valence-electron chi connectivity index (χ4n) is 2.26. The molecule has 4 rings (SSSR count). The number of amides is 1. The van der Waals surface area contributed by atoms with Crippen LogP contribution in [0.4, 0.5) is 10.9 Å². The average molecular weight is 378 g/mol. The van der Waals surface area contributed by atoms with Crippen molar-refractivity contribution in [3.63, 3.8) is 0 Å². The number of thiazole rings is 1. The Bertz CT molecular complexity index is 1030. The Morgan fingerprint density at radius 2 is 1.93 bits per heavy atom. The normalized spacial score (nSPS) is 10.5. The lowest BCUT2D eigenvalue weighted by Crippen LogP contribution is -2.23. The molecule has 134 valence electrons. The van der Waals surface area contributed by atoms with Crippen molar-refractivity contribution in [3.05, 3.63) is 71.7 Å². The van der Waals surface area contributed by atoms with Crippen LogP contribution >= 0.6 is 11.3 Å². The number of carbonyl (C=O) groups is 1. The molecule has 0 radical (unpaired) electrons. The molecule has 9 heteroatoms. The SMILES string of the molecule is O=C(NCc1nc(-c2ccccc2)no1)c1csc(Nc2ccccn2)n1. The minimum absolute atomic E-state index is 0.124. The molecule has 1 aromatic carbocycles. The Labute approximate surface area is 158 Å². The molecule has 0 spiro atoms. The molecular formula is C18H14N6O2S. The minimum atomic E-state index is -0.320. The van der Waals surface area contributed by atoms with Gasteiger partial charge < -0.3 is 15.2 Å². The van der Waals surface area contributed by atoms with E-state index >= 15 is 0 Å². The molecule has 3 aromatic heterocycles. The van der Waals surface area contributed by atoms with Crippen molar-refractivity contribution < 1.29 is 9.32 Å². The second-order valence-electron chi connectivity index (χ2n) is 5.44. The van der Waals surface area contributed by atoms with Crippen LogP contribution in [0.3, 0.4) is 0 Å². The summed E-state index contributed by atoms with van der Waals surface area (Å²) in [7, 11) is 0. The third-order valence-corrected chi connectivity index (χ3v) is 4.29. The third-order valence-electron chi connectivity index (χ3n) is 3.54. The van der Waals surface area contributed by atoms with Gasteiger partial charge in [0.05, 0.1) is 6.54 Å². The zero-order valence-electron chi connectivity index (χ0n) is 14.0. The zero-order valence-corrected chi connectivity index (χ0v) is 14.8. The molecule has 4 aromatic rings. The number of rotatable bonds is 6. The van der Waals surface area contributed by atoms with E-state index in [2.05, 4.69) is 30.7 Å². The predicted molar refractivity (Wildman–Crippen MR) is 101 cm³/mol. The summed E-state index contributed by atoms with van der Waals surface area (Å²) in [4.78, 5) is 25.0. The van der Waals surface area contributed by atoms with Gasteiger partial charge in [-0.25, -0.2) is 9.97 Å². The van der Waals surface area contributed by atoms with Gasteiger partial charge in [-0.05, 0) is 12.1 Å². The van der Waals surface area contributed by atoms with E-state index in [9.17, 15) is 4.79 Å². The summed E-state index contributed by atoms with van der Waals surface area (Å²) < 4.78 is 5.18. The molecule has 0 aliphatic carbocycles. The first-order valence-electron chi connectivity index (χ1n) is 8.08. The Morgan fingerprint density at radius 1 is 1.07 bits per heavy atom. The van der Waals surface area contributed by atoms with E-state index in [0.29, 0.717) is 28.4 Å². The highest BCUT2D eigenvalue weighted by molar-refractivity contribution is 7.14. The maximum atomic E-state index is 12.3. The molecule has 0 aliphatic rings. The van der Waals surface area contributed by atoms with Crippen molar-refractivity contribution in [1.82, 2.24) is 25.4 Å². The monoisotopic (exact) mass is 378 g/mol. The summed E-state index contributed by atoms with van der Waals surface area (Å²) in [5, 5.41) is 11.9. The molecule has 3 heterocycles. The number of pyridine rings is 1. The van der Waals surface area contributed by atoms with Gasteiger partial charge >= 0.3 is 0 Å². The Morgan fingerprint density at radius 3 is 2.74 bits per heavy atom. The Hall–Kier alpha value is -3.59. The summed E-state index contributed by atoms with van der Waals surface area (Å²) in [6.45, 7) is 0.124. The summed E-state index contributed by atoms with van der Waals surface area (Å²) in [6, 6.07) is 15.0. The topological polar surface area (TPSA) is 106 Å². The molecule has 0 aliphatic heterocycles. The quantitative estimate of drug-likeness (QED) is 0.530. The van der Waals surface area contributed by atoms with Crippen LogP contribution in [-0.2, 0) is 6.54 Å². The number of aromatic nitrogens is 4. The molecule has 0 saturated carbocycles. The van der Waals surface area contributed by atoms with E-state index in [1.807, 2.05) is 48.5 Å². The third kappa shape index (κ3) is 4.15. The lowest BCUT2D eigenvalue weighted by molar-refractivity contribution is 0.0942. The van der Waals surface area contributed by atoms with Crippen molar-refractivity contribution >= 4 is 28.2 Å². The Balaban J connectivity index is 1.35. The largest absolute Gasteiger partial charge is 0.342 e. The predicted octanol–water partition coefficient (Wildman–Crippen LogP) is 3.26. The lowest BCUT2D eigenvalue weighted by atomic mass is 10.2. The molecule has 0 fully saturated rings. The van der Waals surface area contributed by atoms with Gasteiger partial charge in [-0.3, -0.25) is 4.79 Å². The number of hydrogen-bond donors (Lipinski definition) is 2. The van der Waals surface area contributed by atoms with Crippen molar-refractivity contribution in [1.29, 1.82) is 0 Å². The second-order valence-corrected chi connectivity index (χ2v) is 6.30. The minimum Gasteiger partial charge on any atom is -0.342 e. The fraction of sp³-hybridized carbons (Fsp3) is 0.0556. The first kappa shape index (κ1) is 16.9. The van der Waals surface area contributed by atoms with Gasteiger partial charge in [0.15, 0.2) is 5.13 Å². The maximum absolute atomic E-state index is 12.3. The molecular weight excluding hydrogens is 364 g/mol. The van der Waals surface area contributed by atoms with E-state index in [0.717, 1.165) is 5.56 Å². The standard InChI is InChI=1S/C18H14N6O2S/c25-17(13-11-27-18(21-13)22-14-8-4-5-9-19-14)20-10-15-23-16(24-26-15)12-6-2-1-3-7-12/h1-9,11H,10H2,(H,20,25)(H,19,21,22). The van der Waals surface area contributed by atoms with Crippen molar-refractivity contribution in [2.75, 3.05) is 5.32 Å². The van der Waals surface area contributed by atoms with Gasteiger partial charge in [-0.2, -0.15) is 4.98 Å². The van der Waals surface area contributed by atoms with Crippen LogP contribution in [0.15, 0.2) is 64.6 Å². The highest BCUT2D eigenvalue weighted by Gasteiger charge is 2.13. The average Bonchev–Trinajstić information content (AvgIpc) is 3.37. The summed E-state index contributed by atoms with van der Waals surface area (Å²) in [5.41, 5.74) is 1.16. The first-order chi connectivity index (χ1) is 13.3. The van der Waals surface area contributed by atoms with Crippen LogP contribution in [-0.4, -0.2) is 26.0 Å². The van der Waals surface area contributed by atoms with Crippen molar-refractivity contribution in [2.24, 2.45) is 0 Å². The maximum Gasteiger partial charge on any atom is 0.271 e. The molecule has 8 nitrogen and oxygen atoms in total. The number of anilines is 2. The van der Waals surface area contributed by atoms with Crippen LogP contribution in [0.2, 0.25) is 0 Å². The van der Waals surface area contributed by atoms with Crippen molar-refractivity contribution in [3.8, 4) is 11.4 Å². The summed E-state index contributed by atoms with van der Waals surface area (Å²) in [6.07, 6.45) is 1.68. The zero-order chi connectivity index (χ0) is 18.5. The first-order valence-corrected chi connectivity index (χ1v) is 8.96. The van der Waals surface area contributed by atoms with Crippen LogP contribution in [0.5, 0.6) is 0 Å². The molecule has 0 unspecified atom stereocenters. The van der Waals surface area contributed by atoms with E-state index in [-0.39, 0.29) is 12.5 Å². The smallest absolute Gasteiger partial charge is 0.271 e. The highest BCUT2D eigenvalue weighted by atomic mass is 32.1. The lowest BCUT2D eigenvalue weighted by Gasteiger charge is -2.00. The van der Waals surface area contributed by atoms with E-state index < -0.39 is 0 Å². The summed E-state index contributed by atoms with van der Waals surface area (Å²) >= 11 is 1.32. The molecule has 0 saturated heterocycles. The van der Waals surface area contributed by atoms with Gasteiger partial charge in [0.25, 0.3) is 5.91 Å². The van der Waals surface area contributed by atoms with Gasteiger partial charge in [-0.1, -0.05) is 41.6 Å². The molecule has 0 bridgehead atoms. The van der Waals surface area contributed by atoms with Gasteiger partial charge in [-0.15, -0.1) is 11.3 Å².